The summed E-state index contributed by atoms with van der Waals surface area (Å²) in [6.07, 6.45) is 0.599. The van der Waals surface area contributed by atoms with E-state index in [9.17, 15) is 9.90 Å². The van der Waals surface area contributed by atoms with Crippen LogP contribution in [0.15, 0.2) is 36.4 Å². The Bertz CT molecular complexity index is 858. The second kappa shape index (κ2) is 7.35. The highest BCUT2D eigenvalue weighted by Crippen LogP contribution is 2.21. The Kier molecular flexibility index (Phi) is 5.25. The van der Waals surface area contributed by atoms with Gasteiger partial charge in [-0.25, -0.2) is 0 Å². The maximum absolute atomic E-state index is 11.0. The number of rotatable bonds is 3. The Morgan fingerprint density at radius 2 is 1.87 bits per heavy atom. The molecule has 0 radical (unpaired) electrons. The molecule has 2 rings (SSSR count). The Morgan fingerprint density at radius 1 is 1.17 bits per heavy atom. The van der Waals surface area contributed by atoms with Crippen molar-refractivity contribution in [3.63, 3.8) is 0 Å². The fourth-order valence-electron chi connectivity index (χ4n) is 1.99. The van der Waals surface area contributed by atoms with Crippen molar-refractivity contribution in [2.45, 2.75) is 12.8 Å². The smallest absolute Gasteiger partial charge is 0.217 e. The minimum atomic E-state index is -0.409. The van der Waals surface area contributed by atoms with Crippen LogP contribution in [0.4, 0.5) is 0 Å². The molecular weight excluding hydrogens is 312 g/mol. The SMILES string of the molecule is N#Cc1ccc(C#Cc2ccc(O)cc2Cl)c(CCC(N)=O)c1. The van der Waals surface area contributed by atoms with Crippen LogP contribution in [0.25, 0.3) is 0 Å². The molecule has 2 aromatic rings. The number of benzene rings is 2. The zero-order chi connectivity index (χ0) is 16.8. The highest BCUT2D eigenvalue weighted by Gasteiger charge is 2.05. The number of nitrogens with zero attached hydrogens (tertiary/aromatic N) is 1. The maximum atomic E-state index is 11.0. The molecule has 0 bridgehead atoms. The molecule has 0 aliphatic rings. The number of nitriles is 1. The average molecular weight is 325 g/mol. The fourth-order valence-corrected chi connectivity index (χ4v) is 2.21. The summed E-state index contributed by atoms with van der Waals surface area (Å²) in [4.78, 5) is 11.0. The molecule has 5 heteroatoms. The molecule has 0 aromatic heterocycles. The van der Waals surface area contributed by atoms with Crippen LogP contribution in [0, 0.1) is 23.2 Å². The highest BCUT2D eigenvalue weighted by molar-refractivity contribution is 6.31. The van der Waals surface area contributed by atoms with Gasteiger partial charge in [-0.1, -0.05) is 23.4 Å². The second-order valence-corrected chi connectivity index (χ2v) is 5.27. The molecule has 4 nitrogen and oxygen atoms in total. The Labute approximate surface area is 139 Å². The molecule has 3 N–H and O–H groups in total. The van der Waals surface area contributed by atoms with Crippen molar-refractivity contribution in [2.24, 2.45) is 5.73 Å². The van der Waals surface area contributed by atoms with Gasteiger partial charge in [-0.15, -0.1) is 0 Å². The number of aryl methyl sites for hydroxylation is 1. The summed E-state index contributed by atoms with van der Waals surface area (Å²) in [5.41, 5.74) is 7.74. The van der Waals surface area contributed by atoms with Gasteiger partial charge in [0.15, 0.2) is 0 Å². The topological polar surface area (TPSA) is 87.1 Å². The van der Waals surface area contributed by atoms with E-state index in [2.05, 4.69) is 17.9 Å². The summed E-state index contributed by atoms with van der Waals surface area (Å²) in [5, 5.41) is 18.7. The van der Waals surface area contributed by atoms with Crippen molar-refractivity contribution in [3.8, 4) is 23.7 Å². The van der Waals surface area contributed by atoms with Gasteiger partial charge in [0, 0.05) is 17.5 Å². The molecule has 0 fully saturated rings. The van der Waals surface area contributed by atoms with Crippen LogP contribution in [0.3, 0.4) is 0 Å². The van der Waals surface area contributed by atoms with Gasteiger partial charge in [0.05, 0.1) is 16.7 Å². The second-order valence-electron chi connectivity index (χ2n) is 4.86. The average Bonchev–Trinajstić information content (AvgIpc) is 2.52. The maximum Gasteiger partial charge on any atom is 0.217 e. The van der Waals surface area contributed by atoms with Crippen molar-refractivity contribution in [3.05, 3.63) is 63.7 Å². The Hall–Kier alpha value is -2.95. The first-order valence-electron chi connectivity index (χ1n) is 6.81. The number of carbonyl (C=O) groups excluding carboxylic acids is 1. The number of hydrogen-bond acceptors (Lipinski definition) is 3. The van der Waals surface area contributed by atoms with Gasteiger partial charge >= 0.3 is 0 Å². The molecule has 0 atom stereocenters. The van der Waals surface area contributed by atoms with E-state index in [1.54, 1.807) is 24.3 Å². The molecule has 0 saturated carbocycles. The highest BCUT2D eigenvalue weighted by atomic mass is 35.5. The molecule has 1 amide bonds. The van der Waals surface area contributed by atoms with Crippen LogP contribution in [-0.4, -0.2) is 11.0 Å². The van der Waals surface area contributed by atoms with Crippen molar-refractivity contribution >= 4 is 17.5 Å². The minimum absolute atomic E-state index is 0.0704. The van der Waals surface area contributed by atoms with E-state index in [0.29, 0.717) is 28.1 Å². The standard InChI is InChI=1S/C18H13ClN2O2/c19-17-10-16(22)7-5-14(17)4-3-13-2-1-12(11-20)9-15(13)6-8-18(21)23/h1-2,5,7,9-10,22H,6,8H2,(H2,21,23). The summed E-state index contributed by atoms with van der Waals surface area (Å²) in [6.45, 7) is 0. The first kappa shape index (κ1) is 16.4. The molecule has 2 aromatic carbocycles. The number of primary amides is 1. The third-order valence-electron chi connectivity index (χ3n) is 3.16. The van der Waals surface area contributed by atoms with Crippen LogP contribution in [0.5, 0.6) is 5.75 Å². The van der Waals surface area contributed by atoms with E-state index >= 15 is 0 Å². The molecule has 0 heterocycles. The van der Waals surface area contributed by atoms with Gasteiger partial charge in [-0.05, 0) is 48.4 Å². The van der Waals surface area contributed by atoms with Crippen molar-refractivity contribution < 1.29 is 9.90 Å². The van der Waals surface area contributed by atoms with E-state index in [0.717, 1.165) is 5.56 Å². The summed E-state index contributed by atoms with van der Waals surface area (Å²) in [6, 6.07) is 11.7. The largest absolute Gasteiger partial charge is 0.508 e. The van der Waals surface area contributed by atoms with Gasteiger partial charge in [0.1, 0.15) is 5.75 Å². The van der Waals surface area contributed by atoms with Crippen molar-refractivity contribution in [2.75, 3.05) is 0 Å². The van der Waals surface area contributed by atoms with E-state index in [4.69, 9.17) is 22.6 Å². The number of aromatic hydroxyl groups is 1. The monoisotopic (exact) mass is 324 g/mol. The number of hydrogen-bond donors (Lipinski definition) is 2. The van der Waals surface area contributed by atoms with Crippen LogP contribution in [0.2, 0.25) is 5.02 Å². The van der Waals surface area contributed by atoms with Crippen LogP contribution >= 0.6 is 11.6 Å². The molecule has 0 saturated heterocycles. The number of halogens is 1. The van der Waals surface area contributed by atoms with Crippen molar-refractivity contribution in [1.29, 1.82) is 5.26 Å². The predicted molar refractivity (Wildman–Crippen MR) is 87.8 cm³/mol. The summed E-state index contributed by atoms with van der Waals surface area (Å²) >= 11 is 6.02. The first-order valence-corrected chi connectivity index (χ1v) is 7.19. The molecule has 114 valence electrons. The lowest BCUT2D eigenvalue weighted by atomic mass is 10.00. The number of carbonyl (C=O) groups is 1. The van der Waals surface area contributed by atoms with Gasteiger partial charge in [-0.2, -0.15) is 5.26 Å². The van der Waals surface area contributed by atoms with Crippen LogP contribution in [0.1, 0.15) is 28.7 Å². The number of phenols is 1. The molecule has 0 aliphatic carbocycles. The van der Waals surface area contributed by atoms with Gasteiger partial charge in [0.2, 0.25) is 5.91 Å². The third-order valence-corrected chi connectivity index (χ3v) is 3.47. The van der Waals surface area contributed by atoms with E-state index in [-0.39, 0.29) is 12.2 Å². The summed E-state index contributed by atoms with van der Waals surface area (Å²) in [7, 11) is 0. The summed E-state index contributed by atoms with van der Waals surface area (Å²) in [5.74, 6) is 5.58. The number of phenolic OH excluding ortho intramolecular Hbond substituents is 1. The molecule has 23 heavy (non-hydrogen) atoms. The lowest BCUT2D eigenvalue weighted by molar-refractivity contribution is -0.117. The number of nitrogens with two attached hydrogens (primary N) is 1. The normalized spacial score (nSPS) is 9.57. The molecule has 0 spiro atoms. The third kappa shape index (κ3) is 4.51. The van der Waals surface area contributed by atoms with Gasteiger partial charge < -0.3 is 10.8 Å². The van der Waals surface area contributed by atoms with Crippen LogP contribution < -0.4 is 5.73 Å². The van der Waals surface area contributed by atoms with Gasteiger partial charge in [-0.3, -0.25) is 4.79 Å². The molecular formula is C18H13ClN2O2. The molecule has 0 unspecified atom stereocenters. The lowest BCUT2D eigenvalue weighted by Gasteiger charge is -2.04. The van der Waals surface area contributed by atoms with Gasteiger partial charge in [0.25, 0.3) is 0 Å². The van der Waals surface area contributed by atoms with E-state index in [1.807, 2.05) is 0 Å². The zero-order valence-electron chi connectivity index (χ0n) is 12.1. The first-order chi connectivity index (χ1) is 11.0. The number of amides is 1. The quantitative estimate of drug-likeness (QED) is 0.851. The predicted octanol–water partition coefficient (Wildman–Crippen LogP) is 2.73. The minimum Gasteiger partial charge on any atom is -0.508 e. The lowest BCUT2D eigenvalue weighted by Crippen LogP contribution is -2.11. The van der Waals surface area contributed by atoms with E-state index in [1.165, 1.54) is 12.1 Å². The Morgan fingerprint density at radius 3 is 2.52 bits per heavy atom. The fraction of sp³-hybridized carbons (Fsp3) is 0.111. The van der Waals surface area contributed by atoms with Crippen LogP contribution in [-0.2, 0) is 11.2 Å². The summed E-state index contributed by atoms with van der Waals surface area (Å²) < 4.78 is 0. The van der Waals surface area contributed by atoms with E-state index < -0.39 is 5.91 Å². The zero-order valence-corrected chi connectivity index (χ0v) is 12.9. The molecule has 0 aliphatic heterocycles. The Balaban J connectivity index is 2.37. The van der Waals surface area contributed by atoms with Crippen molar-refractivity contribution in [1.82, 2.24) is 0 Å².